The summed E-state index contributed by atoms with van der Waals surface area (Å²) in [6, 6.07) is 107. The van der Waals surface area contributed by atoms with Gasteiger partial charge in [-0.2, -0.15) is 0 Å². The van der Waals surface area contributed by atoms with E-state index in [1.54, 1.807) is 0 Å². The molecular formula is C90H87N9. The normalized spacial score (nSPS) is 10.8. The van der Waals surface area contributed by atoms with Crippen molar-refractivity contribution in [2.75, 3.05) is 0 Å². The molecule has 0 saturated heterocycles. The number of pyridine rings is 2. The summed E-state index contributed by atoms with van der Waals surface area (Å²) >= 11 is 0. The number of nitrogens with zero attached hydrogens (tertiary/aromatic N) is 9. The Balaban J connectivity index is 0.000000135. The van der Waals surface area contributed by atoms with Crippen molar-refractivity contribution < 1.29 is 0 Å². The van der Waals surface area contributed by atoms with Crippen molar-refractivity contribution in [1.29, 1.82) is 0 Å². The van der Waals surface area contributed by atoms with Crippen molar-refractivity contribution in [1.82, 2.24) is 44.9 Å². The van der Waals surface area contributed by atoms with Gasteiger partial charge in [0.25, 0.3) is 0 Å². The van der Waals surface area contributed by atoms with E-state index in [1.165, 1.54) is 11.1 Å². The lowest BCUT2D eigenvalue weighted by Crippen LogP contribution is -2.04. The zero-order valence-electron chi connectivity index (χ0n) is 58.4. The fraction of sp³-hybridized carbons (Fsp3) is 0.167. The number of hydrogen-bond acceptors (Lipinski definition) is 9. The van der Waals surface area contributed by atoms with Gasteiger partial charge in [0.05, 0.1) is 34.2 Å². The molecule has 9 heteroatoms. The van der Waals surface area contributed by atoms with Crippen molar-refractivity contribution in [3.8, 4) is 102 Å². The monoisotopic (exact) mass is 1290 g/mol. The van der Waals surface area contributed by atoms with Gasteiger partial charge in [0.15, 0.2) is 17.5 Å². The van der Waals surface area contributed by atoms with Gasteiger partial charge in [0, 0.05) is 73.3 Å². The Morgan fingerprint density at radius 3 is 0.768 bits per heavy atom. The van der Waals surface area contributed by atoms with Crippen LogP contribution < -0.4 is 0 Å². The molecule has 0 spiro atoms. The highest BCUT2D eigenvalue weighted by atomic mass is 15.0. The molecule has 0 aliphatic heterocycles. The molecular weight excluding hydrogens is 1210 g/mol. The molecule has 14 rings (SSSR count). The Kier molecular flexibility index (Phi) is 25.2. The Morgan fingerprint density at radius 2 is 0.455 bits per heavy atom. The third kappa shape index (κ3) is 20.3. The van der Waals surface area contributed by atoms with Crippen LogP contribution >= 0.6 is 0 Å². The SMILES string of the molecule is CC(C)c1cc(-c2ccccc2)nc(-c2ccccc2)c1.CC(C)c1cc(-c2ccccc2)nc(-c2ccccc2)n1.CC(C)c1cccc(-c2ccccc2)n1.CC(C)c1nc(-c2ccccc2)cc(-c2ccccc2)n1.CC(C)c1nc(-c2ccccc2)nc(-c2ccccc2)n1. The molecule has 14 aromatic rings. The Hall–Kier alpha value is -11.6. The molecule has 0 aliphatic rings. The molecule has 0 saturated carbocycles. The van der Waals surface area contributed by atoms with Gasteiger partial charge in [-0.15, -0.1) is 0 Å². The summed E-state index contributed by atoms with van der Waals surface area (Å²) in [4.78, 5) is 42.2. The fourth-order valence-corrected chi connectivity index (χ4v) is 10.5. The third-order valence-electron chi connectivity index (χ3n) is 16.2. The summed E-state index contributed by atoms with van der Waals surface area (Å²) in [6.07, 6.45) is 0. The number of benzene rings is 9. The lowest BCUT2D eigenvalue weighted by molar-refractivity contribution is 0.766. The van der Waals surface area contributed by atoms with Gasteiger partial charge >= 0.3 is 0 Å². The van der Waals surface area contributed by atoms with Gasteiger partial charge in [-0.25, -0.2) is 39.9 Å². The molecule has 9 nitrogen and oxygen atoms in total. The topological polar surface area (TPSA) is 116 Å². The van der Waals surface area contributed by atoms with Crippen LogP contribution in [-0.4, -0.2) is 44.9 Å². The van der Waals surface area contributed by atoms with Crippen LogP contribution in [0.4, 0.5) is 0 Å². The first kappa shape index (κ1) is 70.3. The first-order valence-electron chi connectivity index (χ1n) is 34.2. The predicted octanol–water partition coefficient (Wildman–Crippen LogP) is 23.6. The minimum absolute atomic E-state index is 0.262. The van der Waals surface area contributed by atoms with E-state index in [1.807, 2.05) is 176 Å². The van der Waals surface area contributed by atoms with E-state index < -0.39 is 0 Å². The first-order chi connectivity index (χ1) is 48.2. The molecule has 0 radical (unpaired) electrons. The molecule has 0 bridgehead atoms. The predicted molar refractivity (Wildman–Crippen MR) is 412 cm³/mol. The van der Waals surface area contributed by atoms with Crippen LogP contribution in [0.5, 0.6) is 0 Å². The van der Waals surface area contributed by atoms with Crippen LogP contribution in [0.15, 0.2) is 315 Å². The second kappa shape index (κ2) is 35.4. The lowest BCUT2D eigenvalue weighted by atomic mass is 9.98. The lowest BCUT2D eigenvalue weighted by Gasteiger charge is -2.12. The fourth-order valence-electron chi connectivity index (χ4n) is 10.5. The molecule has 5 heterocycles. The van der Waals surface area contributed by atoms with Crippen LogP contribution in [0, 0.1) is 0 Å². The van der Waals surface area contributed by atoms with E-state index in [-0.39, 0.29) is 5.92 Å². The van der Waals surface area contributed by atoms with Crippen LogP contribution in [0.3, 0.4) is 0 Å². The highest BCUT2D eigenvalue weighted by molar-refractivity contribution is 5.70. The molecule has 99 heavy (non-hydrogen) atoms. The van der Waals surface area contributed by atoms with Gasteiger partial charge in [-0.3, -0.25) is 4.98 Å². The Morgan fingerprint density at radius 1 is 0.172 bits per heavy atom. The van der Waals surface area contributed by atoms with E-state index in [9.17, 15) is 0 Å². The second-order valence-electron chi connectivity index (χ2n) is 25.5. The molecule has 0 fully saturated rings. The maximum Gasteiger partial charge on any atom is 0.163 e. The molecule has 0 unspecified atom stereocenters. The van der Waals surface area contributed by atoms with Crippen molar-refractivity contribution in [2.24, 2.45) is 0 Å². The second-order valence-corrected chi connectivity index (χ2v) is 25.5. The quantitative estimate of drug-likeness (QED) is 0.105. The van der Waals surface area contributed by atoms with Gasteiger partial charge in [0.1, 0.15) is 11.6 Å². The minimum Gasteiger partial charge on any atom is -0.253 e. The molecule has 0 atom stereocenters. The summed E-state index contributed by atoms with van der Waals surface area (Å²) in [6.45, 7) is 21.5. The van der Waals surface area contributed by atoms with E-state index in [0.717, 1.165) is 119 Å². The average molecular weight is 1290 g/mol. The highest BCUT2D eigenvalue weighted by Crippen LogP contribution is 2.31. The van der Waals surface area contributed by atoms with Crippen molar-refractivity contribution >= 4 is 0 Å². The van der Waals surface area contributed by atoms with Crippen LogP contribution in [0.2, 0.25) is 0 Å². The molecule has 0 amide bonds. The number of rotatable bonds is 14. The first-order valence-corrected chi connectivity index (χ1v) is 34.2. The molecule has 5 aromatic heterocycles. The van der Waals surface area contributed by atoms with E-state index in [0.29, 0.717) is 23.7 Å². The zero-order chi connectivity index (χ0) is 69.3. The molecule has 492 valence electrons. The minimum atomic E-state index is 0.262. The van der Waals surface area contributed by atoms with E-state index in [4.69, 9.17) is 24.9 Å². The zero-order valence-corrected chi connectivity index (χ0v) is 58.4. The van der Waals surface area contributed by atoms with E-state index in [2.05, 4.69) is 229 Å². The average Bonchev–Trinajstić information content (AvgIpc) is 0.869. The van der Waals surface area contributed by atoms with Gasteiger partial charge in [-0.1, -0.05) is 348 Å². The standard InChI is InChI=1S/C20H19N.2C19H18N2.C18H17N3.C14H15N/c1-15(2)18-13-19(16-9-5-3-6-10-16)21-20(14-18)17-11-7-4-8-12-17;1-14(2)19-20-17(15-9-5-3-6-10-15)13-18(21-19)16-11-7-4-8-12-16;1-14(2)17-13-18(15-9-5-3-6-10-15)21-19(20-17)16-11-7-4-8-12-16;1-13(2)16-19-17(14-9-5-3-6-10-14)21-18(20-16)15-11-7-4-8-12-15;1-11(2)13-9-6-10-14(15-13)12-7-4-3-5-8-12/h3-15H,1-2H3;2*3-14H,1-2H3;3-13H,1-2H3;3-11H,1-2H3. The van der Waals surface area contributed by atoms with Crippen LogP contribution in [-0.2, 0) is 0 Å². The Labute approximate surface area is 586 Å². The maximum atomic E-state index is 4.86. The summed E-state index contributed by atoms with van der Waals surface area (Å²) in [5.41, 5.74) is 19.6. The summed E-state index contributed by atoms with van der Waals surface area (Å²) in [5.74, 6) is 5.86. The van der Waals surface area contributed by atoms with Gasteiger partial charge in [-0.05, 0) is 59.7 Å². The molecule has 0 N–H and O–H groups in total. The summed E-state index contributed by atoms with van der Waals surface area (Å²) < 4.78 is 0. The van der Waals surface area contributed by atoms with Crippen molar-refractivity contribution in [3.63, 3.8) is 0 Å². The maximum absolute atomic E-state index is 4.86. The van der Waals surface area contributed by atoms with Crippen molar-refractivity contribution in [3.05, 3.63) is 344 Å². The third-order valence-corrected chi connectivity index (χ3v) is 16.2. The van der Waals surface area contributed by atoms with Crippen molar-refractivity contribution in [2.45, 2.75) is 98.8 Å². The Bertz CT molecular complexity index is 3960. The smallest absolute Gasteiger partial charge is 0.163 e. The van der Waals surface area contributed by atoms with Gasteiger partial charge < -0.3 is 0 Å². The summed E-state index contributed by atoms with van der Waals surface area (Å²) in [7, 11) is 0. The highest BCUT2D eigenvalue weighted by Gasteiger charge is 2.16. The molecule has 9 aromatic carbocycles. The largest absolute Gasteiger partial charge is 0.253 e. The molecule has 0 aliphatic carbocycles. The summed E-state index contributed by atoms with van der Waals surface area (Å²) in [5, 5.41) is 0. The van der Waals surface area contributed by atoms with Crippen LogP contribution in [0.25, 0.3) is 102 Å². The number of aromatic nitrogens is 9. The van der Waals surface area contributed by atoms with Crippen LogP contribution in [0.1, 0.15) is 127 Å². The van der Waals surface area contributed by atoms with E-state index >= 15 is 0 Å². The number of hydrogen-bond donors (Lipinski definition) is 0. The van der Waals surface area contributed by atoms with Gasteiger partial charge in [0.2, 0.25) is 0 Å².